The summed E-state index contributed by atoms with van der Waals surface area (Å²) in [6.45, 7) is 0.670. The lowest BCUT2D eigenvalue weighted by atomic mass is 10.1. The van der Waals surface area contributed by atoms with Gasteiger partial charge in [0.25, 0.3) is 5.91 Å². The van der Waals surface area contributed by atoms with Gasteiger partial charge in [0.15, 0.2) is 0 Å². The van der Waals surface area contributed by atoms with Crippen molar-refractivity contribution in [1.29, 1.82) is 0 Å². The molecule has 0 unspecified atom stereocenters. The number of carbonyl (C=O) groups excluding carboxylic acids is 1. The Kier molecular flexibility index (Phi) is 7.19. The molecule has 0 saturated carbocycles. The minimum Gasteiger partial charge on any atom is -0.355 e. The predicted octanol–water partition coefficient (Wildman–Crippen LogP) is 5.35. The second-order valence-corrected chi connectivity index (χ2v) is 8.22. The van der Waals surface area contributed by atoms with Crippen molar-refractivity contribution < 1.29 is 4.79 Å². The fraction of sp³-hybridized carbons (Fsp3) is 0.160. The van der Waals surface area contributed by atoms with Crippen LogP contribution >= 0.6 is 11.8 Å². The number of fused-ring (bicyclic) bond motifs is 1. The van der Waals surface area contributed by atoms with E-state index < -0.39 is 0 Å². The molecule has 3 N–H and O–H groups in total. The summed E-state index contributed by atoms with van der Waals surface area (Å²) in [5.41, 5.74) is 4.91. The molecular weight excluding hydrogens is 418 g/mol. The van der Waals surface area contributed by atoms with Gasteiger partial charge in [0, 0.05) is 23.8 Å². The summed E-state index contributed by atoms with van der Waals surface area (Å²) in [6.07, 6.45) is 8.68. The number of thioether (sulfide) groups is 1. The average Bonchev–Trinajstić information content (AvgIpc) is 3.23. The molecule has 2 heterocycles. The molecule has 0 aliphatic rings. The van der Waals surface area contributed by atoms with Gasteiger partial charge >= 0.3 is 0 Å². The SMILES string of the molecule is CSCCCNC(=O)c1ccccc1Nc1ccc2c(/C=C/c3ccccn3)n[nH]c2c1. The molecule has 0 fully saturated rings. The zero-order valence-corrected chi connectivity index (χ0v) is 18.7. The number of H-pyrrole nitrogens is 1. The highest BCUT2D eigenvalue weighted by Crippen LogP contribution is 2.26. The van der Waals surface area contributed by atoms with Crippen molar-refractivity contribution in [2.24, 2.45) is 0 Å². The van der Waals surface area contributed by atoms with E-state index in [2.05, 4.69) is 32.1 Å². The van der Waals surface area contributed by atoms with Crippen LogP contribution in [0.5, 0.6) is 0 Å². The molecule has 1 amide bonds. The van der Waals surface area contributed by atoms with Crippen LogP contribution < -0.4 is 10.6 Å². The number of hydrogen-bond acceptors (Lipinski definition) is 5. The van der Waals surface area contributed by atoms with E-state index >= 15 is 0 Å². The molecule has 0 atom stereocenters. The summed E-state index contributed by atoms with van der Waals surface area (Å²) in [4.78, 5) is 16.9. The lowest BCUT2D eigenvalue weighted by molar-refractivity contribution is 0.0954. The second kappa shape index (κ2) is 10.6. The van der Waals surface area contributed by atoms with Gasteiger partial charge in [-0.15, -0.1) is 0 Å². The number of anilines is 2. The minimum atomic E-state index is -0.0706. The number of nitrogens with one attached hydrogen (secondary N) is 3. The molecule has 0 bridgehead atoms. The molecule has 0 saturated heterocycles. The monoisotopic (exact) mass is 443 g/mol. The van der Waals surface area contributed by atoms with E-state index in [0.717, 1.165) is 45.8 Å². The molecule has 32 heavy (non-hydrogen) atoms. The summed E-state index contributed by atoms with van der Waals surface area (Å²) in [5, 5.41) is 14.9. The third-order valence-electron chi connectivity index (χ3n) is 4.95. The molecule has 4 rings (SSSR count). The van der Waals surface area contributed by atoms with Crippen molar-refractivity contribution >= 4 is 52.1 Å². The van der Waals surface area contributed by atoms with Gasteiger partial charge in [0.2, 0.25) is 0 Å². The molecule has 0 aliphatic heterocycles. The normalized spacial score (nSPS) is 11.2. The minimum absolute atomic E-state index is 0.0706. The van der Waals surface area contributed by atoms with Crippen LogP contribution in [0.25, 0.3) is 23.1 Å². The number of carbonyl (C=O) groups is 1. The number of pyridine rings is 1. The first-order chi connectivity index (χ1) is 15.7. The van der Waals surface area contributed by atoms with Crippen molar-refractivity contribution in [2.75, 3.05) is 23.9 Å². The highest BCUT2D eigenvalue weighted by molar-refractivity contribution is 7.98. The Hall–Kier alpha value is -3.58. The van der Waals surface area contributed by atoms with E-state index in [0.29, 0.717) is 12.1 Å². The van der Waals surface area contributed by atoms with Crippen molar-refractivity contribution in [3.05, 3.63) is 83.8 Å². The van der Waals surface area contributed by atoms with Gasteiger partial charge in [-0.2, -0.15) is 16.9 Å². The van der Waals surface area contributed by atoms with E-state index in [4.69, 9.17) is 0 Å². The van der Waals surface area contributed by atoms with E-state index in [-0.39, 0.29) is 5.91 Å². The van der Waals surface area contributed by atoms with Crippen LogP contribution in [0.1, 0.15) is 28.2 Å². The van der Waals surface area contributed by atoms with Crippen molar-refractivity contribution in [2.45, 2.75) is 6.42 Å². The number of amides is 1. The number of aromatic amines is 1. The largest absolute Gasteiger partial charge is 0.355 e. The van der Waals surface area contributed by atoms with Crippen LogP contribution in [-0.2, 0) is 0 Å². The molecule has 6 nitrogen and oxygen atoms in total. The van der Waals surface area contributed by atoms with Gasteiger partial charge in [-0.1, -0.05) is 18.2 Å². The van der Waals surface area contributed by atoms with Gasteiger partial charge in [-0.25, -0.2) is 0 Å². The van der Waals surface area contributed by atoms with Gasteiger partial charge < -0.3 is 10.6 Å². The Bertz CT molecular complexity index is 1220. The molecule has 4 aromatic rings. The zero-order chi connectivity index (χ0) is 22.2. The topological polar surface area (TPSA) is 82.7 Å². The number of para-hydroxylation sites is 1. The summed E-state index contributed by atoms with van der Waals surface area (Å²) >= 11 is 1.78. The Labute approximate surface area is 191 Å². The molecule has 2 aromatic carbocycles. The van der Waals surface area contributed by atoms with Gasteiger partial charge in [-0.05, 0) is 73.0 Å². The number of nitrogens with zero attached hydrogens (tertiary/aromatic N) is 2. The maximum absolute atomic E-state index is 12.6. The summed E-state index contributed by atoms with van der Waals surface area (Å²) < 4.78 is 0. The summed E-state index contributed by atoms with van der Waals surface area (Å²) in [5.74, 6) is 0.961. The molecule has 162 valence electrons. The average molecular weight is 444 g/mol. The maximum Gasteiger partial charge on any atom is 0.253 e. The Balaban J connectivity index is 1.50. The standard InChI is InChI=1S/C25H25N5OS/c1-32-16-6-15-27-25(31)21-8-2-3-9-22(21)28-19-10-12-20-23(29-30-24(20)17-19)13-11-18-7-4-5-14-26-18/h2-5,7-14,17,28H,6,15-16H2,1H3,(H,27,31)(H,29,30)/b13-11+. The highest BCUT2D eigenvalue weighted by Gasteiger charge is 2.11. The molecule has 0 aliphatic carbocycles. The third-order valence-corrected chi connectivity index (χ3v) is 5.65. The van der Waals surface area contributed by atoms with Gasteiger partial charge in [-0.3, -0.25) is 14.9 Å². The first-order valence-electron chi connectivity index (χ1n) is 10.4. The Morgan fingerprint density at radius 2 is 1.97 bits per heavy atom. The fourth-order valence-corrected chi connectivity index (χ4v) is 3.78. The van der Waals surface area contributed by atoms with Crippen molar-refractivity contribution in [1.82, 2.24) is 20.5 Å². The molecule has 2 aromatic heterocycles. The fourth-order valence-electron chi connectivity index (χ4n) is 3.34. The van der Waals surface area contributed by atoms with Crippen LogP contribution in [0.3, 0.4) is 0 Å². The number of aromatic nitrogens is 3. The second-order valence-electron chi connectivity index (χ2n) is 7.23. The zero-order valence-electron chi connectivity index (χ0n) is 17.8. The van der Waals surface area contributed by atoms with E-state index in [1.165, 1.54) is 0 Å². The number of benzene rings is 2. The smallest absolute Gasteiger partial charge is 0.253 e. The van der Waals surface area contributed by atoms with Gasteiger partial charge in [0.1, 0.15) is 0 Å². The molecular formula is C25H25N5OS. The Morgan fingerprint density at radius 3 is 2.81 bits per heavy atom. The van der Waals surface area contributed by atoms with Crippen LogP contribution in [-0.4, -0.2) is 39.6 Å². The van der Waals surface area contributed by atoms with Crippen LogP contribution in [0, 0.1) is 0 Å². The molecule has 0 spiro atoms. The highest BCUT2D eigenvalue weighted by atomic mass is 32.2. The first-order valence-corrected chi connectivity index (χ1v) is 11.8. The number of rotatable bonds is 9. The number of hydrogen-bond donors (Lipinski definition) is 3. The van der Waals surface area contributed by atoms with Crippen LogP contribution in [0.2, 0.25) is 0 Å². The van der Waals surface area contributed by atoms with Crippen LogP contribution in [0.4, 0.5) is 11.4 Å². The first kappa shape index (κ1) is 21.6. The molecule has 0 radical (unpaired) electrons. The summed E-state index contributed by atoms with van der Waals surface area (Å²) in [6, 6.07) is 19.3. The Morgan fingerprint density at radius 1 is 1.09 bits per heavy atom. The third kappa shape index (κ3) is 5.36. The van der Waals surface area contributed by atoms with E-state index in [9.17, 15) is 4.79 Å². The lowest BCUT2D eigenvalue weighted by Crippen LogP contribution is -2.25. The predicted molar refractivity (Wildman–Crippen MR) is 134 cm³/mol. The summed E-state index contributed by atoms with van der Waals surface area (Å²) in [7, 11) is 0. The quantitative estimate of drug-likeness (QED) is 0.304. The van der Waals surface area contributed by atoms with Crippen molar-refractivity contribution in [3.63, 3.8) is 0 Å². The molecule has 7 heteroatoms. The van der Waals surface area contributed by atoms with E-state index in [1.54, 1.807) is 18.0 Å². The van der Waals surface area contributed by atoms with Gasteiger partial charge in [0.05, 0.1) is 28.2 Å². The lowest BCUT2D eigenvalue weighted by Gasteiger charge is -2.12. The maximum atomic E-state index is 12.6. The van der Waals surface area contributed by atoms with E-state index in [1.807, 2.05) is 72.8 Å². The van der Waals surface area contributed by atoms with Crippen LogP contribution in [0.15, 0.2) is 66.9 Å². The van der Waals surface area contributed by atoms with Crippen molar-refractivity contribution in [3.8, 4) is 0 Å².